The summed E-state index contributed by atoms with van der Waals surface area (Å²) in [5, 5.41) is 2.94. The molecule has 0 atom stereocenters. The Balaban J connectivity index is 1.39. The van der Waals surface area contributed by atoms with Crippen molar-refractivity contribution in [2.45, 2.75) is 39.5 Å². The van der Waals surface area contributed by atoms with Crippen molar-refractivity contribution in [1.82, 2.24) is 0 Å². The van der Waals surface area contributed by atoms with Crippen LogP contribution in [0.1, 0.15) is 47.7 Å². The van der Waals surface area contributed by atoms with Gasteiger partial charge in [-0.05, 0) is 73.9 Å². The van der Waals surface area contributed by atoms with Crippen molar-refractivity contribution >= 4 is 11.6 Å². The lowest BCUT2D eigenvalue weighted by atomic mass is 10.1. The second kappa shape index (κ2) is 11.8. The van der Waals surface area contributed by atoms with Gasteiger partial charge in [0.05, 0.1) is 13.2 Å². The van der Waals surface area contributed by atoms with E-state index in [0.717, 1.165) is 30.0 Å². The standard InChI is InChI=1S/C27H31NO3/c1-3-4-6-22-9-13-24(14-10-22)28-27(29)23-11-17-26(18-12-23)31-20-5-19-30-25-15-7-21(2)8-16-25/h7-18H,3-6,19-20H2,1-2H3,(H,28,29). The maximum Gasteiger partial charge on any atom is 0.255 e. The molecule has 0 bridgehead atoms. The van der Waals surface area contributed by atoms with Gasteiger partial charge in [0.25, 0.3) is 5.91 Å². The Morgan fingerprint density at radius 2 is 1.35 bits per heavy atom. The van der Waals surface area contributed by atoms with Crippen LogP contribution in [0.4, 0.5) is 5.69 Å². The van der Waals surface area contributed by atoms with Crippen molar-refractivity contribution in [2.75, 3.05) is 18.5 Å². The minimum atomic E-state index is -0.126. The van der Waals surface area contributed by atoms with E-state index in [9.17, 15) is 4.79 Å². The first kappa shape index (κ1) is 22.4. The maximum absolute atomic E-state index is 12.5. The van der Waals surface area contributed by atoms with Crippen LogP contribution in [0, 0.1) is 6.92 Å². The third-order valence-electron chi connectivity index (χ3n) is 4.99. The van der Waals surface area contributed by atoms with E-state index in [1.165, 1.54) is 24.0 Å². The number of hydrogen-bond acceptors (Lipinski definition) is 3. The van der Waals surface area contributed by atoms with Crippen LogP contribution in [0.2, 0.25) is 0 Å². The Kier molecular flexibility index (Phi) is 8.53. The number of anilines is 1. The molecule has 0 saturated carbocycles. The summed E-state index contributed by atoms with van der Waals surface area (Å²) in [5.41, 5.74) is 3.92. The Hall–Kier alpha value is -3.27. The molecule has 0 saturated heterocycles. The Morgan fingerprint density at radius 1 is 0.774 bits per heavy atom. The van der Waals surface area contributed by atoms with Crippen LogP contribution in [-0.4, -0.2) is 19.1 Å². The molecular formula is C27H31NO3. The van der Waals surface area contributed by atoms with Gasteiger partial charge in [0.1, 0.15) is 11.5 Å². The summed E-state index contributed by atoms with van der Waals surface area (Å²) in [5.74, 6) is 1.49. The van der Waals surface area contributed by atoms with Crippen molar-refractivity contribution in [3.05, 3.63) is 89.5 Å². The van der Waals surface area contributed by atoms with Gasteiger partial charge in [-0.1, -0.05) is 43.2 Å². The van der Waals surface area contributed by atoms with Crippen LogP contribution in [0.15, 0.2) is 72.8 Å². The molecule has 0 aliphatic carbocycles. The third-order valence-corrected chi connectivity index (χ3v) is 4.99. The number of benzene rings is 3. The highest BCUT2D eigenvalue weighted by Crippen LogP contribution is 2.16. The molecule has 31 heavy (non-hydrogen) atoms. The van der Waals surface area contributed by atoms with E-state index in [4.69, 9.17) is 9.47 Å². The van der Waals surface area contributed by atoms with E-state index in [1.54, 1.807) is 12.1 Å². The summed E-state index contributed by atoms with van der Waals surface area (Å²) in [4.78, 5) is 12.5. The Morgan fingerprint density at radius 3 is 1.94 bits per heavy atom. The number of carbonyl (C=O) groups is 1. The monoisotopic (exact) mass is 417 g/mol. The minimum absolute atomic E-state index is 0.126. The molecule has 3 aromatic rings. The molecule has 0 radical (unpaired) electrons. The molecule has 162 valence electrons. The van der Waals surface area contributed by atoms with Gasteiger partial charge in [0.2, 0.25) is 0 Å². The first-order chi connectivity index (χ1) is 15.1. The lowest BCUT2D eigenvalue weighted by molar-refractivity contribution is 0.102. The molecule has 4 nitrogen and oxygen atoms in total. The number of amides is 1. The number of nitrogens with one attached hydrogen (secondary N) is 1. The van der Waals surface area contributed by atoms with E-state index in [0.29, 0.717) is 18.8 Å². The SMILES string of the molecule is CCCCc1ccc(NC(=O)c2ccc(OCCCOc3ccc(C)cc3)cc2)cc1. The molecule has 0 aromatic heterocycles. The molecule has 1 amide bonds. The van der Waals surface area contributed by atoms with Crippen LogP contribution in [0.5, 0.6) is 11.5 Å². The zero-order chi connectivity index (χ0) is 21.9. The molecule has 4 heteroatoms. The molecule has 0 aliphatic rings. The second-order valence-electron chi connectivity index (χ2n) is 7.64. The fraction of sp³-hybridized carbons (Fsp3) is 0.296. The van der Waals surface area contributed by atoms with Gasteiger partial charge in [-0.25, -0.2) is 0 Å². The fourth-order valence-electron chi connectivity index (χ4n) is 3.11. The summed E-state index contributed by atoms with van der Waals surface area (Å²) in [7, 11) is 0. The molecule has 0 aliphatic heterocycles. The minimum Gasteiger partial charge on any atom is -0.493 e. The van der Waals surface area contributed by atoms with Crippen LogP contribution in [0.3, 0.4) is 0 Å². The number of rotatable bonds is 11. The van der Waals surface area contributed by atoms with Gasteiger partial charge in [0.15, 0.2) is 0 Å². The first-order valence-electron chi connectivity index (χ1n) is 11.0. The highest BCUT2D eigenvalue weighted by molar-refractivity contribution is 6.04. The van der Waals surface area contributed by atoms with Gasteiger partial charge >= 0.3 is 0 Å². The molecule has 0 heterocycles. The highest BCUT2D eigenvalue weighted by Gasteiger charge is 2.06. The topological polar surface area (TPSA) is 47.6 Å². The maximum atomic E-state index is 12.5. The molecule has 1 N–H and O–H groups in total. The first-order valence-corrected chi connectivity index (χ1v) is 11.0. The molecule has 3 rings (SSSR count). The summed E-state index contributed by atoms with van der Waals surface area (Å²) < 4.78 is 11.4. The number of carbonyl (C=O) groups excluding carboxylic acids is 1. The average molecular weight is 418 g/mol. The lowest BCUT2D eigenvalue weighted by Gasteiger charge is -2.09. The van der Waals surface area contributed by atoms with Crippen LogP contribution >= 0.6 is 0 Å². The van der Waals surface area contributed by atoms with Gasteiger partial charge in [0, 0.05) is 17.7 Å². The Labute approximate surface area is 185 Å². The van der Waals surface area contributed by atoms with Gasteiger partial charge in [-0.15, -0.1) is 0 Å². The van der Waals surface area contributed by atoms with E-state index in [2.05, 4.69) is 31.3 Å². The normalized spacial score (nSPS) is 10.5. The molecule has 0 fully saturated rings. The second-order valence-corrected chi connectivity index (χ2v) is 7.64. The molecule has 3 aromatic carbocycles. The number of aryl methyl sites for hydroxylation is 2. The van der Waals surface area contributed by atoms with Gasteiger partial charge in [-0.2, -0.15) is 0 Å². The predicted octanol–water partition coefficient (Wildman–Crippen LogP) is 6.44. The Bertz CT molecular complexity index is 932. The quantitative estimate of drug-likeness (QED) is 0.365. The predicted molar refractivity (Wildman–Crippen MR) is 126 cm³/mol. The number of hydrogen-bond donors (Lipinski definition) is 1. The van der Waals surface area contributed by atoms with Crippen molar-refractivity contribution in [3.8, 4) is 11.5 Å². The summed E-state index contributed by atoms with van der Waals surface area (Å²) in [6.07, 6.45) is 4.22. The fourth-order valence-corrected chi connectivity index (χ4v) is 3.11. The number of unbranched alkanes of at least 4 members (excludes halogenated alkanes) is 1. The van der Waals surface area contributed by atoms with Crippen LogP contribution < -0.4 is 14.8 Å². The van der Waals surface area contributed by atoms with Crippen molar-refractivity contribution < 1.29 is 14.3 Å². The zero-order valence-corrected chi connectivity index (χ0v) is 18.4. The van der Waals surface area contributed by atoms with E-state index < -0.39 is 0 Å². The van der Waals surface area contributed by atoms with Gasteiger partial charge in [-0.3, -0.25) is 4.79 Å². The lowest BCUT2D eigenvalue weighted by Crippen LogP contribution is -2.11. The summed E-state index contributed by atoms with van der Waals surface area (Å²) in [6.45, 7) is 5.40. The molecule has 0 spiro atoms. The zero-order valence-electron chi connectivity index (χ0n) is 18.4. The van der Waals surface area contributed by atoms with E-state index >= 15 is 0 Å². The van der Waals surface area contributed by atoms with E-state index in [1.807, 2.05) is 48.5 Å². The highest BCUT2D eigenvalue weighted by atomic mass is 16.5. The summed E-state index contributed by atoms with van der Waals surface area (Å²) in [6, 6.07) is 23.3. The van der Waals surface area contributed by atoms with Gasteiger partial charge < -0.3 is 14.8 Å². The van der Waals surface area contributed by atoms with Crippen molar-refractivity contribution in [2.24, 2.45) is 0 Å². The third kappa shape index (κ3) is 7.49. The molecule has 0 unspecified atom stereocenters. The van der Waals surface area contributed by atoms with Crippen molar-refractivity contribution in [3.63, 3.8) is 0 Å². The van der Waals surface area contributed by atoms with Crippen LogP contribution in [-0.2, 0) is 6.42 Å². The van der Waals surface area contributed by atoms with Crippen molar-refractivity contribution in [1.29, 1.82) is 0 Å². The smallest absolute Gasteiger partial charge is 0.255 e. The van der Waals surface area contributed by atoms with E-state index in [-0.39, 0.29) is 5.91 Å². The summed E-state index contributed by atoms with van der Waals surface area (Å²) >= 11 is 0. The average Bonchev–Trinajstić information content (AvgIpc) is 2.80. The number of ether oxygens (including phenoxy) is 2. The largest absolute Gasteiger partial charge is 0.493 e. The van der Waals surface area contributed by atoms with Crippen LogP contribution in [0.25, 0.3) is 0 Å². The molecular weight excluding hydrogens is 386 g/mol.